The second kappa shape index (κ2) is 7.07. The first-order chi connectivity index (χ1) is 12.2. The number of benzene rings is 1. The van der Waals surface area contributed by atoms with Gasteiger partial charge in [0.1, 0.15) is 11.6 Å². The van der Waals surface area contributed by atoms with Crippen LogP contribution >= 0.6 is 0 Å². The van der Waals surface area contributed by atoms with Crippen molar-refractivity contribution in [1.29, 1.82) is 0 Å². The number of hydrogen-bond donors (Lipinski definition) is 4. The average Bonchev–Trinajstić information content (AvgIpc) is 3.06. The van der Waals surface area contributed by atoms with Crippen LogP contribution in [0.1, 0.15) is 48.3 Å². The lowest BCUT2D eigenvalue weighted by atomic mass is 9.80. The zero-order chi connectivity index (χ0) is 17.2. The first-order valence-electron chi connectivity index (χ1n) is 9.01. The van der Waals surface area contributed by atoms with Crippen LogP contribution in [0.4, 0.5) is 5.82 Å². The molecule has 1 saturated carbocycles. The van der Waals surface area contributed by atoms with Gasteiger partial charge in [-0.15, -0.1) is 0 Å². The third kappa shape index (κ3) is 3.81. The fraction of sp³-hybridized carbons (Fsp3) is 0.474. The van der Waals surface area contributed by atoms with Crippen molar-refractivity contribution in [2.24, 2.45) is 0 Å². The minimum Gasteiger partial charge on any atom is -0.393 e. The molecule has 0 bridgehead atoms. The van der Waals surface area contributed by atoms with Crippen molar-refractivity contribution in [3.05, 3.63) is 53.5 Å². The fourth-order valence-electron chi connectivity index (χ4n) is 3.61. The van der Waals surface area contributed by atoms with Crippen LogP contribution in [-0.4, -0.2) is 33.8 Å². The summed E-state index contributed by atoms with van der Waals surface area (Å²) in [5.41, 5.74) is 9.09. The van der Waals surface area contributed by atoms with Gasteiger partial charge in [-0.05, 0) is 31.7 Å². The Morgan fingerprint density at radius 3 is 2.68 bits per heavy atom. The second-order valence-corrected chi connectivity index (χ2v) is 7.11. The van der Waals surface area contributed by atoms with E-state index in [9.17, 15) is 5.11 Å². The molecule has 2 fully saturated rings. The minimum atomic E-state index is -0.166. The molecule has 25 heavy (non-hydrogen) atoms. The highest BCUT2D eigenvalue weighted by atomic mass is 16.3. The predicted molar refractivity (Wildman–Crippen MR) is 97.1 cm³/mol. The van der Waals surface area contributed by atoms with Gasteiger partial charge in [0.15, 0.2) is 0 Å². The highest BCUT2D eigenvalue weighted by Gasteiger charge is 2.30. The molecule has 4 N–H and O–H groups in total. The molecule has 4 rings (SSSR count). The summed E-state index contributed by atoms with van der Waals surface area (Å²) < 4.78 is 0. The third-order valence-electron chi connectivity index (χ3n) is 5.10. The molecule has 0 spiro atoms. The van der Waals surface area contributed by atoms with E-state index < -0.39 is 0 Å². The molecule has 2 aromatic rings. The Bertz CT molecular complexity index is 717. The second-order valence-electron chi connectivity index (χ2n) is 7.11. The van der Waals surface area contributed by atoms with Gasteiger partial charge < -0.3 is 10.4 Å². The molecule has 1 saturated heterocycles. The van der Waals surface area contributed by atoms with Gasteiger partial charge in [-0.3, -0.25) is 5.43 Å². The molecular formula is C19H25N5O. The molecule has 0 radical (unpaired) electrons. The number of aromatic nitrogens is 2. The van der Waals surface area contributed by atoms with E-state index in [2.05, 4.69) is 50.4 Å². The normalized spacial score (nSPS) is 28.6. The van der Waals surface area contributed by atoms with Crippen LogP contribution in [0.2, 0.25) is 0 Å². The summed E-state index contributed by atoms with van der Waals surface area (Å²) in [6, 6.07) is 13.2. The number of hydrogen-bond acceptors (Lipinski definition) is 6. The number of nitrogens with one attached hydrogen (secondary N) is 3. The summed E-state index contributed by atoms with van der Waals surface area (Å²) in [4.78, 5) is 9.03. The standard InChI is InChI=1S/C19H25N5O/c1-12-21-17(14-7-16(25)8-14)10-19(22-12)20-11-15-9-18(24-23-15)13-5-3-2-4-6-13/h2-6,10,14-16,18,23-25H,7-9,11H2,1H3,(H,20,21,22). The van der Waals surface area contributed by atoms with Crippen molar-refractivity contribution < 1.29 is 5.11 Å². The minimum absolute atomic E-state index is 0.166. The number of aliphatic hydroxyl groups is 1. The number of nitrogens with zero attached hydrogens (tertiary/aromatic N) is 2. The third-order valence-corrected chi connectivity index (χ3v) is 5.10. The van der Waals surface area contributed by atoms with Crippen molar-refractivity contribution in [3.63, 3.8) is 0 Å². The van der Waals surface area contributed by atoms with Crippen molar-refractivity contribution in [1.82, 2.24) is 20.8 Å². The van der Waals surface area contributed by atoms with Crippen LogP contribution in [0.3, 0.4) is 0 Å². The van der Waals surface area contributed by atoms with Gasteiger partial charge >= 0.3 is 0 Å². The van der Waals surface area contributed by atoms with Gasteiger partial charge in [-0.1, -0.05) is 30.3 Å². The number of aryl methyl sites for hydroxylation is 1. The van der Waals surface area contributed by atoms with Crippen LogP contribution < -0.4 is 16.2 Å². The number of anilines is 1. The lowest BCUT2D eigenvalue weighted by molar-refractivity contribution is 0.0731. The summed E-state index contributed by atoms with van der Waals surface area (Å²) in [5.74, 6) is 2.01. The molecular weight excluding hydrogens is 314 g/mol. The molecule has 1 aromatic carbocycles. The fourth-order valence-corrected chi connectivity index (χ4v) is 3.61. The maximum absolute atomic E-state index is 9.51. The SMILES string of the molecule is Cc1nc(NCC2CC(c3ccccc3)NN2)cc(C2CC(O)C2)n1. The molecule has 6 heteroatoms. The van der Waals surface area contributed by atoms with Gasteiger partial charge in [0.25, 0.3) is 0 Å². The van der Waals surface area contributed by atoms with Crippen LogP contribution in [0, 0.1) is 6.92 Å². The molecule has 6 nitrogen and oxygen atoms in total. The monoisotopic (exact) mass is 339 g/mol. The first-order valence-corrected chi connectivity index (χ1v) is 9.01. The average molecular weight is 339 g/mol. The molecule has 1 aromatic heterocycles. The van der Waals surface area contributed by atoms with E-state index in [4.69, 9.17) is 0 Å². The summed E-state index contributed by atoms with van der Waals surface area (Å²) in [6.45, 7) is 2.73. The molecule has 132 valence electrons. The van der Waals surface area contributed by atoms with E-state index in [1.165, 1.54) is 5.56 Å². The molecule has 2 unspecified atom stereocenters. The van der Waals surface area contributed by atoms with E-state index in [1.54, 1.807) is 0 Å². The van der Waals surface area contributed by atoms with Crippen LogP contribution in [0.5, 0.6) is 0 Å². The zero-order valence-corrected chi connectivity index (χ0v) is 14.4. The largest absolute Gasteiger partial charge is 0.393 e. The molecule has 2 aliphatic rings. The highest BCUT2D eigenvalue weighted by molar-refractivity contribution is 5.38. The number of aliphatic hydroxyl groups excluding tert-OH is 1. The number of rotatable bonds is 5. The van der Waals surface area contributed by atoms with E-state index in [1.807, 2.05) is 19.1 Å². The van der Waals surface area contributed by atoms with Crippen molar-refractivity contribution in [2.45, 2.75) is 50.3 Å². The van der Waals surface area contributed by atoms with Gasteiger partial charge in [0, 0.05) is 36.3 Å². The van der Waals surface area contributed by atoms with Crippen LogP contribution in [-0.2, 0) is 0 Å². The van der Waals surface area contributed by atoms with Gasteiger partial charge in [-0.2, -0.15) is 0 Å². The summed E-state index contributed by atoms with van der Waals surface area (Å²) in [6.07, 6.45) is 2.48. The van der Waals surface area contributed by atoms with Crippen LogP contribution in [0.15, 0.2) is 36.4 Å². The van der Waals surface area contributed by atoms with Crippen molar-refractivity contribution in [2.75, 3.05) is 11.9 Å². The van der Waals surface area contributed by atoms with Gasteiger partial charge in [0.05, 0.1) is 6.10 Å². The Hall–Kier alpha value is -2.02. The highest BCUT2D eigenvalue weighted by Crippen LogP contribution is 2.36. The lowest BCUT2D eigenvalue weighted by Crippen LogP contribution is -2.35. The van der Waals surface area contributed by atoms with Gasteiger partial charge in [-0.25, -0.2) is 15.4 Å². The van der Waals surface area contributed by atoms with E-state index in [0.717, 1.165) is 43.1 Å². The van der Waals surface area contributed by atoms with Gasteiger partial charge in [0.2, 0.25) is 0 Å². The topological polar surface area (TPSA) is 82.1 Å². The Balaban J connectivity index is 1.34. The molecule has 1 aliphatic carbocycles. The van der Waals surface area contributed by atoms with Crippen molar-refractivity contribution >= 4 is 5.82 Å². The van der Waals surface area contributed by atoms with Crippen molar-refractivity contribution in [3.8, 4) is 0 Å². The smallest absolute Gasteiger partial charge is 0.129 e. The summed E-state index contributed by atoms with van der Waals surface area (Å²) in [5, 5.41) is 12.9. The quantitative estimate of drug-likeness (QED) is 0.667. The van der Waals surface area contributed by atoms with Crippen LogP contribution in [0.25, 0.3) is 0 Å². The molecule has 0 amide bonds. The maximum Gasteiger partial charge on any atom is 0.129 e. The zero-order valence-electron chi connectivity index (χ0n) is 14.4. The summed E-state index contributed by atoms with van der Waals surface area (Å²) in [7, 11) is 0. The molecule has 1 aliphatic heterocycles. The Kier molecular flexibility index (Phi) is 4.65. The van der Waals surface area contributed by atoms with E-state index in [-0.39, 0.29) is 6.10 Å². The lowest BCUT2D eigenvalue weighted by Gasteiger charge is -2.31. The first kappa shape index (κ1) is 16.4. The van der Waals surface area contributed by atoms with E-state index in [0.29, 0.717) is 18.0 Å². The van der Waals surface area contributed by atoms with E-state index >= 15 is 0 Å². The Labute approximate surface area is 148 Å². The molecule has 2 atom stereocenters. The Morgan fingerprint density at radius 1 is 1.12 bits per heavy atom. The predicted octanol–water partition coefficient (Wildman–Crippen LogP) is 2.04. The summed E-state index contributed by atoms with van der Waals surface area (Å²) >= 11 is 0. The Morgan fingerprint density at radius 2 is 1.92 bits per heavy atom. The molecule has 2 heterocycles. The number of hydrazine groups is 1. The maximum atomic E-state index is 9.51.